The number of phosphoric ester groups is 1. The van der Waals surface area contributed by atoms with Crippen molar-refractivity contribution in [3.8, 4) is 0 Å². The van der Waals surface area contributed by atoms with Gasteiger partial charge >= 0.3 is 7.82 Å². The van der Waals surface area contributed by atoms with E-state index < -0.39 is 13.9 Å². The summed E-state index contributed by atoms with van der Waals surface area (Å²) in [6.07, 6.45) is 3.06. The Morgan fingerprint density at radius 2 is 2.08 bits per heavy atom. The van der Waals surface area contributed by atoms with Crippen LogP contribution in [0.15, 0.2) is 0 Å². The maximum Gasteiger partial charge on any atom is 0.469 e. The van der Waals surface area contributed by atoms with Crippen LogP contribution in [0.25, 0.3) is 0 Å². The zero-order chi connectivity index (χ0) is 10.3. The minimum Gasteiger partial charge on any atom is -0.328 e. The van der Waals surface area contributed by atoms with Gasteiger partial charge in [0.2, 0.25) is 0 Å². The summed E-state index contributed by atoms with van der Waals surface area (Å²) in [7, 11) is -4.37. The number of rotatable bonds is 7. The van der Waals surface area contributed by atoms with Crippen molar-refractivity contribution in [3.05, 3.63) is 0 Å². The van der Waals surface area contributed by atoms with Crippen molar-refractivity contribution in [2.75, 3.05) is 6.54 Å². The fourth-order valence-electron chi connectivity index (χ4n) is 1.03. The molecule has 6 heteroatoms. The van der Waals surface area contributed by atoms with E-state index in [4.69, 9.17) is 15.5 Å². The molecule has 1 atom stereocenters. The summed E-state index contributed by atoms with van der Waals surface area (Å²) < 4.78 is 14.9. The molecule has 80 valence electrons. The zero-order valence-corrected chi connectivity index (χ0v) is 8.74. The number of nitrogens with two attached hydrogens (primary N) is 1. The van der Waals surface area contributed by atoms with Gasteiger partial charge in [0, 0.05) is 6.54 Å². The van der Waals surface area contributed by atoms with E-state index in [1.807, 2.05) is 0 Å². The van der Waals surface area contributed by atoms with Crippen LogP contribution in [0.5, 0.6) is 0 Å². The van der Waals surface area contributed by atoms with E-state index in [0.29, 0.717) is 6.42 Å². The fourth-order valence-corrected chi connectivity index (χ4v) is 1.61. The molecule has 0 aliphatic carbocycles. The smallest absolute Gasteiger partial charge is 0.328 e. The van der Waals surface area contributed by atoms with Crippen LogP contribution >= 0.6 is 7.82 Å². The lowest BCUT2D eigenvalue weighted by molar-refractivity contribution is 0.129. The maximum atomic E-state index is 10.4. The SMILES string of the molecule is CCCCCC(CN)OP(=O)(O)O. The molecule has 1 unspecified atom stereocenters. The average Bonchev–Trinajstić information content (AvgIpc) is 2.01. The van der Waals surface area contributed by atoms with Crippen LogP contribution in [0.3, 0.4) is 0 Å². The van der Waals surface area contributed by atoms with Crippen LogP contribution in [0.2, 0.25) is 0 Å². The van der Waals surface area contributed by atoms with Gasteiger partial charge < -0.3 is 15.5 Å². The number of unbranched alkanes of at least 4 members (excludes halogenated alkanes) is 2. The van der Waals surface area contributed by atoms with Crippen LogP contribution in [0, 0.1) is 0 Å². The summed E-state index contributed by atoms with van der Waals surface area (Å²) >= 11 is 0. The molecule has 0 aromatic heterocycles. The van der Waals surface area contributed by atoms with Crippen LogP contribution in [-0.2, 0) is 9.09 Å². The minimum atomic E-state index is -4.37. The first-order valence-electron chi connectivity index (χ1n) is 4.43. The largest absolute Gasteiger partial charge is 0.469 e. The highest BCUT2D eigenvalue weighted by molar-refractivity contribution is 7.46. The van der Waals surface area contributed by atoms with Crippen LogP contribution < -0.4 is 5.73 Å². The molecule has 0 bridgehead atoms. The Labute approximate surface area is 78.5 Å². The van der Waals surface area contributed by atoms with Crippen LogP contribution in [0.4, 0.5) is 0 Å². The fraction of sp³-hybridized carbons (Fsp3) is 1.00. The van der Waals surface area contributed by atoms with Gasteiger partial charge in [0.05, 0.1) is 6.10 Å². The second kappa shape index (κ2) is 6.51. The van der Waals surface area contributed by atoms with Crippen molar-refractivity contribution in [2.45, 2.75) is 38.7 Å². The van der Waals surface area contributed by atoms with Gasteiger partial charge in [-0.15, -0.1) is 0 Å². The summed E-state index contributed by atoms with van der Waals surface area (Å²) in [4.78, 5) is 17.0. The summed E-state index contributed by atoms with van der Waals surface area (Å²) in [6, 6.07) is 0. The topological polar surface area (TPSA) is 92.8 Å². The highest BCUT2D eigenvalue weighted by Gasteiger charge is 2.20. The molecular formula is C7H18NO4P. The third-order valence-corrected chi connectivity index (χ3v) is 2.25. The van der Waals surface area contributed by atoms with E-state index in [1.165, 1.54) is 0 Å². The first-order valence-corrected chi connectivity index (χ1v) is 5.96. The molecule has 0 amide bonds. The van der Waals surface area contributed by atoms with Crippen LogP contribution in [0.1, 0.15) is 32.6 Å². The van der Waals surface area contributed by atoms with Gasteiger partial charge in [-0.25, -0.2) is 4.57 Å². The molecule has 13 heavy (non-hydrogen) atoms. The molecular weight excluding hydrogens is 193 g/mol. The molecule has 4 N–H and O–H groups in total. The Kier molecular flexibility index (Phi) is 6.55. The van der Waals surface area contributed by atoms with Gasteiger partial charge in [0.1, 0.15) is 0 Å². The Bertz CT molecular complexity index is 170. The second-order valence-corrected chi connectivity index (χ2v) is 4.14. The van der Waals surface area contributed by atoms with E-state index in [9.17, 15) is 4.57 Å². The van der Waals surface area contributed by atoms with E-state index in [0.717, 1.165) is 19.3 Å². The number of hydrogen-bond donors (Lipinski definition) is 3. The van der Waals surface area contributed by atoms with E-state index >= 15 is 0 Å². The normalized spacial score (nSPS) is 14.5. The van der Waals surface area contributed by atoms with Crippen molar-refractivity contribution < 1.29 is 18.9 Å². The molecule has 0 saturated heterocycles. The minimum absolute atomic E-state index is 0.148. The molecule has 0 rings (SSSR count). The third-order valence-electron chi connectivity index (χ3n) is 1.68. The Balaban J connectivity index is 3.70. The van der Waals surface area contributed by atoms with Crippen molar-refractivity contribution in [3.63, 3.8) is 0 Å². The lowest BCUT2D eigenvalue weighted by atomic mass is 10.1. The number of hydrogen-bond acceptors (Lipinski definition) is 3. The Hall–Kier alpha value is 0.0700. The van der Waals surface area contributed by atoms with Crippen molar-refractivity contribution in [1.82, 2.24) is 0 Å². The monoisotopic (exact) mass is 211 g/mol. The third kappa shape index (κ3) is 8.40. The second-order valence-electron chi connectivity index (χ2n) is 2.95. The van der Waals surface area contributed by atoms with Gasteiger partial charge in [-0.1, -0.05) is 26.2 Å². The molecule has 0 aromatic rings. The quantitative estimate of drug-likeness (QED) is 0.431. The molecule has 0 saturated carbocycles. The van der Waals surface area contributed by atoms with Gasteiger partial charge in [0.25, 0.3) is 0 Å². The molecule has 0 heterocycles. The summed E-state index contributed by atoms with van der Waals surface area (Å²) in [6.45, 7) is 2.20. The molecule has 5 nitrogen and oxygen atoms in total. The van der Waals surface area contributed by atoms with Gasteiger partial charge in [-0.3, -0.25) is 4.52 Å². The molecule has 0 aromatic carbocycles. The number of phosphoric acid groups is 1. The highest BCUT2D eigenvalue weighted by Crippen LogP contribution is 2.38. The molecule has 0 spiro atoms. The van der Waals surface area contributed by atoms with Gasteiger partial charge in [-0.2, -0.15) is 0 Å². The van der Waals surface area contributed by atoms with Crippen molar-refractivity contribution >= 4 is 7.82 Å². The Morgan fingerprint density at radius 3 is 2.46 bits per heavy atom. The zero-order valence-electron chi connectivity index (χ0n) is 7.85. The standard InChI is InChI=1S/C7H18NO4P/c1-2-3-4-5-7(6-8)12-13(9,10)11/h7H,2-6,8H2,1H3,(H2,9,10,11). The predicted molar refractivity (Wildman–Crippen MR) is 50.1 cm³/mol. The molecule has 0 radical (unpaired) electrons. The summed E-state index contributed by atoms with van der Waals surface area (Å²) in [5, 5.41) is 0. The molecule has 0 aliphatic heterocycles. The average molecular weight is 211 g/mol. The van der Waals surface area contributed by atoms with E-state index in [1.54, 1.807) is 0 Å². The predicted octanol–water partition coefficient (Wildman–Crippen LogP) is 1.00. The van der Waals surface area contributed by atoms with E-state index in [-0.39, 0.29) is 6.54 Å². The molecule has 0 aliphatic rings. The van der Waals surface area contributed by atoms with E-state index in [2.05, 4.69) is 11.4 Å². The molecule has 0 fully saturated rings. The summed E-state index contributed by atoms with van der Waals surface area (Å²) in [5.41, 5.74) is 5.29. The lowest BCUT2D eigenvalue weighted by Gasteiger charge is -2.15. The van der Waals surface area contributed by atoms with Crippen molar-refractivity contribution in [2.24, 2.45) is 5.73 Å². The highest BCUT2D eigenvalue weighted by atomic mass is 31.2. The lowest BCUT2D eigenvalue weighted by Crippen LogP contribution is -2.22. The first kappa shape index (κ1) is 13.1. The maximum absolute atomic E-state index is 10.4. The first-order chi connectivity index (χ1) is 5.99. The Morgan fingerprint density at radius 1 is 1.46 bits per heavy atom. The summed E-state index contributed by atoms with van der Waals surface area (Å²) in [5.74, 6) is 0. The van der Waals surface area contributed by atoms with Gasteiger partial charge in [-0.05, 0) is 6.42 Å². The van der Waals surface area contributed by atoms with Crippen molar-refractivity contribution in [1.29, 1.82) is 0 Å². The van der Waals surface area contributed by atoms with Gasteiger partial charge in [0.15, 0.2) is 0 Å². The van der Waals surface area contributed by atoms with Crippen LogP contribution in [-0.4, -0.2) is 22.4 Å².